The molecule has 0 spiro atoms. The molecule has 0 bridgehead atoms. The SMILES string of the molecule is O=c1c(-c2ccccc2F)c(CCO)oc2cccc(F)c12. The van der Waals surface area contributed by atoms with Crippen molar-refractivity contribution in [3.05, 3.63) is 70.1 Å². The van der Waals surface area contributed by atoms with Crippen LogP contribution < -0.4 is 5.43 Å². The fourth-order valence-corrected chi connectivity index (χ4v) is 2.46. The van der Waals surface area contributed by atoms with Crippen LogP contribution in [-0.2, 0) is 6.42 Å². The van der Waals surface area contributed by atoms with Crippen molar-refractivity contribution in [2.45, 2.75) is 6.42 Å². The van der Waals surface area contributed by atoms with E-state index in [2.05, 4.69) is 0 Å². The minimum atomic E-state index is -0.723. The van der Waals surface area contributed by atoms with Crippen LogP contribution in [0.25, 0.3) is 22.1 Å². The van der Waals surface area contributed by atoms with Gasteiger partial charge in [0.2, 0.25) is 5.43 Å². The van der Waals surface area contributed by atoms with Crippen molar-refractivity contribution in [3.8, 4) is 11.1 Å². The highest BCUT2D eigenvalue weighted by atomic mass is 19.1. The summed E-state index contributed by atoms with van der Waals surface area (Å²) in [5.74, 6) is -1.19. The van der Waals surface area contributed by atoms with Gasteiger partial charge in [0.15, 0.2) is 0 Å². The van der Waals surface area contributed by atoms with Gasteiger partial charge in [-0.25, -0.2) is 8.78 Å². The van der Waals surface area contributed by atoms with Crippen LogP contribution in [0, 0.1) is 11.6 Å². The average Bonchev–Trinajstić information content (AvgIpc) is 2.49. The monoisotopic (exact) mass is 302 g/mol. The molecule has 0 saturated carbocycles. The maximum atomic E-state index is 14.0. The standard InChI is InChI=1S/C17H12F2O3/c18-11-5-2-1-4-10(11)15-14(8-9-20)22-13-7-3-6-12(19)16(13)17(15)21/h1-7,20H,8-9H2. The van der Waals surface area contributed by atoms with Crippen molar-refractivity contribution < 1.29 is 18.3 Å². The number of rotatable bonds is 3. The molecule has 112 valence electrons. The summed E-state index contributed by atoms with van der Waals surface area (Å²) in [6, 6.07) is 9.74. The average molecular weight is 302 g/mol. The third-order valence-electron chi connectivity index (χ3n) is 3.42. The Morgan fingerprint density at radius 3 is 2.45 bits per heavy atom. The van der Waals surface area contributed by atoms with Crippen molar-refractivity contribution >= 4 is 11.0 Å². The highest BCUT2D eigenvalue weighted by Gasteiger charge is 2.20. The number of hydrogen-bond acceptors (Lipinski definition) is 3. The number of benzene rings is 2. The Kier molecular flexibility index (Phi) is 3.73. The number of halogens is 2. The second-order valence-corrected chi connectivity index (χ2v) is 4.80. The van der Waals surface area contributed by atoms with Crippen LogP contribution in [0.3, 0.4) is 0 Å². The number of aliphatic hydroxyl groups is 1. The number of fused-ring (bicyclic) bond motifs is 1. The minimum Gasteiger partial charge on any atom is -0.460 e. The highest BCUT2D eigenvalue weighted by Crippen LogP contribution is 2.27. The van der Waals surface area contributed by atoms with Crippen molar-refractivity contribution in [1.82, 2.24) is 0 Å². The predicted octanol–water partition coefficient (Wildman–Crippen LogP) is 3.27. The first kappa shape index (κ1) is 14.4. The molecule has 0 unspecified atom stereocenters. The molecule has 0 amide bonds. The maximum Gasteiger partial charge on any atom is 0.203 e. The van der Waals surface area contributed by atoms with Gasteiger partial charge in [0.05, 0.1) is 12.2 Å². The van der Waals surface area contributed by atoms with Gasteiger partial charge in [-0.15, -0.1) is 0 Å². The fourth-order valence-electron chi connectivity index (χ4n) is 2.46. The Balaban J connectivity index is 2.44. The van der Waals surface area contributed by atoms with Crippen LogP contribution >= 0.6 is 0 Å². The second kappa shape index (κ2) is 5.69. The van der Waals surface area contributed by atoms with Crippen molar-refractivity contribution in [2.24, 2.45) is 0 Å². The van der Waals surface area contributed by atoms with Gasteiger partial charge < -0.3 is 9.52 Å². The van der Waals surface area contributed by atoms with Crippen molar-refractivity contribution in [1.29, 1.82) is 0 Å². The van der Waals surface area contributed by atoms with E-state index in [0.717, 1.165) is 6.07 Å². The lowest BCUT2D eigenvalue weighted by molar-refractivity contribution is 0.289. The Hall–Kier alpha value is -2.53. The van der Waals surface area contributed by atoms with Gasteiger partial charge in [0.25, 0.3) is 0 Å². The summed E-state index contributed by atoms with van der Waals surface area (Å²) < 4.78 is 33.5. The Morgan fingerprint density at radius 1 is 1.00 bits per heavy atom. The lowest BCUT2D eigenvalue weighted by Crippen LogP contribution is -2.12. The molecule has 0 atom stereocenters. The molecular formula is C17H12F2O3. The van der Waals surface area contributed by atoms with Crippen LogP contribution in [0.1, 0.15) is 5.76 Å². The molecule has 0 radical (unpaired) electrons. The Bertz CT molecular complexity index is 900. The molecule has 3 aromatic rings. The smallest absolute Gasteiger partial charge is 0.203 e. The number of aliphatic hydroxyl groups excluding tert-OH is 1. The summed E-state index contributed by atoms with van der Waals surface area (Å²) in [5, 5.41) is 8.93. The second-order valence-electron chi connectivity index (χ2n) is 4.80. The molecule has 1 heterocycles. The van der Waals surface area contributed by atoms with Gasteiger partial charge >= 0.3 is 0 Å². The van der Waals surface area contributed by atoms with Gasteiger partial charge in [-0.2, -0.15) is 0 Å². The molecule has 1 N–H and O–H groups in total. The summed E-state index contributed by atoms with van der Waals surface area (Å²) in [4.78, 5) is 12.6. The van der Waals surface area contributed by atoms with Gasteiger partial charge in [-0.3, -0.25) is 4.79 Å². The Labute approximate surface area is 124 Å². The zero-order valence-corrected chi connectivity index (χ0v) is 11.5. The minimum absolute atomic E-state index is 0.0323. The van der Waals surface area contributed by atoms with Crippen LogP contribution in [0.15, 0.2) is 51.7 Å². The molecular weight excluding hydrogens is 290 g/mol. The summed E-state index contributed by atoms with van der Waals surface area (Å²) in [7, 11) is 0. The predicted molar refractivity (Wildman–Crippen MR) is 78.6 cm³/mol. The highest BCUT2D eigenvalue weighted by molar-refractivity contribution is 5.83. The molecule has 3 rings (SSSR count). The molecule has 2 aromatic carbocycles. The zero-order chi connectivity index (χ0) is 15.7. The van der Waals surface area contributed by atoms with Crippen LogP contribution in [0.4, 0.5) is 8.78 Å². The summed E-state index contributed by atoms with van der Waals surface area (Å²) in [6.07, 6.45) is 0.0331. The van der Waals surface area contributed by atoms with Gasteiger partial charge in [0, 0.05) is 12.0 Å². The van der Waals surface area contributed by atoms with E-state index in [-0.39, 0.29) is 40.9 Å². The fraction of sp³-hybridized carbons (Fsp3) is 0.118. The van der Waals surface area contributed by atoms with Gasteiger partial charge in [-0.1, -0.05) is 24.3 Å². The van der Waals surface area contributed by atoms with E-state index < -0.39 is 17.1 Å². The summed E-state index contributed by atoms with van der Waals surface area (Å²) in [6.45, 7) is -0.273. The number of hydrogen-bond donors (Lipinski definition) is 1. The largest absolute Gasteiger partial charge is 0.460 e. The molecule has 0 aliphatic heterocycles. The lowest BCUT2D eigenvalue weighted by Gasteiger charge is -2.10. The third-order valence-corrected chi connectivity index (χ3v) is 3.42. The normalized spacial score (nSPS) is 11.0. The third kappa shape index (κ3) is 2.29. The molecule has 0 aliphatic rings. The van der Waals surface area contributed by atoms with Crippen LogP contribution in [0.2, 0.25) is 0 Å². The van der Waals surface area contributed by atoms with Gasteiger partial charge in [-0.05, 0) is 18.2 Å². The Morgan fingerprint density at radius 2 is 1.73 bits per heavy atom. The molecule has 22 heavy (non-hydrogen) atoms. The maximum absolute atomic E-state index is 14.0. The van der Waals surface area contributed by atoms with Gasteiger partial charge in [0.1, 0.15) is 28.4 Å². The topological polar surface area (TPSA) is 50.4 Å². The van der Waals surface area contributed by atoms with E-state index in [9.17, 15) is 13.6 Å². The lowest BCUT2D eigenvalue weighted by atomic mass is 10.00. The first-order valence-corrected chi connectivity index (χ1v) is 6.73. The molecule has 5 heteroatoms. The van der Waals surface area contributed by atoms with E-state index in [4.69, 9.17) is 9.52 Å². The first-order chi connectivity index (χ1) is 10.6. The summed E-state index contributed by atoms with van der Waals surface area (Å²) >= 11 is 0. The molecule has 3 nitrogen and oxygen atoms in total. The first-order valence-electron chi connectivity index (χ1n) is 6.73. The molecule has 1 aromatic heterocycles. The van der Waals surface area contributed by atoms with E-state index in [1.54, 1.807) is 6.07 Å². The van der Waals surface area contributed by atoms with Crippen LogP contribution in [0.5, 0.6) is 0 Å². The van der Waals surface area contributed by atoms with E-state index in [1.807, 2.05) is 0 Å². The summed E-state index contributed by atoms with van der Waals surface area (Å²) in [5.41, 5.74) is -0.587. The van der Waals surface area contributed by atoms with E-state index in [0.29, 0.717) is 0 Å². The van der Waals surface area contributed by atoms with Crippen LogP contribution in [-0.4, -0.2) is 11.7 Å². The molecule has 0 aliphatic carbocycles. The van der Waals surface area contributed by atoms with Crippen molar-refractivity contribution in [2.75, 3.05) is 6.61 Å². The van der Waals surface area contributed by atoms with E-state index in [1.165, 1.54) is 30.3 Å². The molecule has 0 saturated heterocycles. The zero-order valence-electron chi connectivity index (χ0n) is 11.5. The molecule has 0 fully saturated rings. The quantitative estimate of drug-likeness (QED) is 0.808. The van der Waals surface area contributed by atoms with E-state index >= 15 is 0 Å². The van der Waals surface area contributed by atoms with Crippen molar-refractivity contribution in [3.63, 3.8) is 0 Å².